The standard InChI is InChI=1S/C11H10BrN5O4/c1-21-8-4-2-7(3-5-8)13-9(18)6-16-10(12)14-11(15-16)17(19)20/h2-5H,6H2,1H3,(H,13,18). The van der Waals surface area contributed by atoms with Gasteiger partial charge in [-0.2, -0.15) is 4.68 Å². The molecule has 10 heteroatoms. The summed E-state index contributed by atoms with van der Waals surface area (Å²) in [5, 5.41) is 16.8. The van der Waals surface area contributed by atoms with E-state index < -0.39 is 10.9 Å². The van der Waals surface area contributed by atoms with Crippen LogP contribution in [0.15, 0.2) is 29.0 Å². The number of ether oxygens (including phenoxy) is 1. The van der Waals surface area contributed by atoms with Gasteiger partial charge < -0.3 is 20.2 Å². The number of anilines is 1. The van der Waals surface area contributed by atoms with E-state index in [9.17, 15) is 14.9 Å². The van der Waals surface area contributed by atoms with E-state index in [-0.39, 0.29) is 17.2 Å². The number of hydrogen-bond acceptors (Lipinski definition) is 6. The van der Waals surface area contributed by atoms with Crippen molar-refractivity contribution in [2.75, 3.05) is 12.4 Å². The number of rotatable bonds is 5. The maximum Gasteiger partial charge on any atom is 0.492 e. The average Bonchev–Trinajstić information content (AvgIpc) is 2.81. The summed E-state index contributed by atoms with van der Waals surface area (Å²) in [4.78, 5) is 25.2. The molecule has 0 aliphatic rings. The van der Waals surface area contributed by atoms with Crippen molar-refractivity contribution >= 4 is 33.5 Å². The molecule has 0 unspecified atom stereocenters. The van der Waals surface area contributed by atoms with Crippen molar-refractivity contribution in [3.8, 4) is 5.75 Å². The Morgan fingerprint density at radius 1 is 1.48 bits per heavy atom. The molecular weight excluding hydrogens is 346 g/mol. The molecule has 1 aromatic carbocycles. The molecule has 9 nitrogen and oxygen atoms in total. The minimum Gasteiger partial charge on any atom is -0.497 e. The summed E-state index contributed by atoms with van der Waals surface area (Å²) in [5.74, 6) is -0.289. The van der Waals surface area contributed by atoms with E-state index in [1.165, 1.54) is 0 Å². The van der Waals surface area contributed by atoms with Crippen LogP contribution in [0, 0.1) is 10.1 Å². The van der Waals surface area contributed by atoms with Gasteiger partial charge in [0.1, 0.15) is 12.3 Å². The summed E-state index contributed by atoms with van der Waals surface area (Å²) in [6.07, 6.45) is 0. The lowest BCUT2D eigenvalue weighted by atomic mass is 10.3. The van der Waals surface area contributed by atoms with Gasteiger partial charge in [0.2, 0.25) is 5.91 Å². The number of benzene rings is 1. The van der Waals surface area contributed by atoms with Crippen LogP contribution in [0.1, 0.15) is 0 Å². The number of halogens is 1. The summed E-state index contributed by atoms with van der Waals surface area (Å²) < 4.78 is 6.21. The Morgan fingerprint density at radius 3 is 2.67 bits per heavy atom. The van der Waals surface area contributed by atoms with E-state index in [4.69, 9.17) is 4.74 Å². The predicted octanol–water partition coefficient (Wildman–Crippen LogP) is 1.60. The van der Waals surface area contributed by atoms with Crippen molar-refractivity contribution in [1.82, 2.24) is 14.8 Å². The molecule has 2 rings (SSSR count). The highest BCUT2D eigenvalue weighted by atomic mass is 79.9. The van der Waals surface area contributed by atoms with Gasteiger partial charge in [-0.1, -0.05) is 0 Å². The van der Waals surface area contributed by atoms with E-state index in [0.717, 1.165) is 4.68 Å². The largest absolute Gasteiger partial charge is 0.497 e. The van der Waals surface area contributed by atoms with E-state index in [1.54, 1.807) is 31.4 Å². The summed E-state index contributed by atoms with van der Waals surface area (Å²) in [6.45, 7) is -0.201. The fourth-order valence-corrected chi connectivity index (χ4v) is 1.86. The molecular formula is C11H10BrN5O4. The van der Waals surface area contributed by atoms with Gasteiger partial charge in [-0.15, -0.1) is 0 Å². The first-order valence-corrected chi connectivity index (χ1v) is 6.47. The van der Waals surface area contributed by atoms with Gasteiger partial charge in [-0.3, -0.25) is 4.79 Å². The molecule has 0 saturated carbocycles. The molecule has 0 fully saturated rings. The number of nitrogens with zero attached hydrogens (tertiary/aromatic N) is 4. The number of carbonyl (C=O) groups excluding carboxylic acids is 1. The SMILES string of the molecule is COc1ccc(NC(=O)Cn2nc([N+](=O)[O-])nc2Br)cc1. The molecule has 0 spiro atoms. The Hall–Kier alpha value is -2.49. The number of methoxy groups -OCH3 is 1. The fraction of sp³-hybridized carbons (Fsp3) is 0.182. The third-order valence-corrected chi connectivity index (χ3v) is 3.03. The molecule has 1 amide bonds. The van der Waals surface area contributed by atoms with Gasteiger partial charge in [0, 0.05) is 26.7 Å². The summed E-state index contributed by atoms with van der Waals surface area (Å²) in [7, 11) is 1.54. The highest BCUT2D eigenvalue weighted by Crippen LogP contribution is 2.16. The van der Waals surface area contributed by atoms with Crippen LogP contribution in [0.3, 0.4) is 0 Å². The van der Waals surface area contributed by atoms with Crippen LogP contribution in [0.4, 0.5) is 11.6 Å². The minimum atomic E-state index is -0.733. The summed E-state index contributed by atoms with van der Waals surface area (Å²) in [5.41, 5.74) is 0.575. The summed E-state index contributed by atoms with van der Waals surface area (Å²) >= 11 is 3.01. The van der Waals surface area contributed by atoms with Crippen LogP contribution >= 0.6 is 15.9 Å². The van der Waals surface area contributed by atoms with Crippen molar-refractivity contribution in [2.45, 2.75) is 6.54 Å². The molecule has 1 heterocycles. The smallest absolute Gasteiger partial charge is 0.492 e. The van der Waals surface area contributed by atoms with Crippen LogP contribution in [0.2, 0.25) is 0 Å². The molecule has 1 aromatic heterocycles. The van der Waals surface area contributed by atoms with Crippen LogP contribution < -0.4 is 10.1 Å². The maximum atomic E-state index is 11.8. The van der Waals surface area contributed by atoms with Crippen molar-refractivity contribution in [1.29, 1.82) is 0 Å². The molecule has 21 heavy (non-hydrogen) atoms. The molecule has 110 valence electrons. The molecule has 0 aliphatic carbocycles. The molecule has 0 atom stereocenters. The Bertz CT molecular complexity index is 670. The second kappa shape index (κ2) is 6.31. The lowest BCUT2D eigenvalue weighted by Crippen LogP contribution is -2.19. The van der Waals surface area contributed by atoms with Crippen molar-refractivity contribution in [3.63, 3.8) is 0 Å². The number of carbonyl (C=O) groups is 1. The lowest BCUT2D eigenvalue weighted by molar-refractivity contribution is -0.394. The first kappa shape index (κ1) is 14.9. The highest BCUT2D eigenvalue weighted by Gasteiger charge is 2.21. The van der Waals surface area contributed by atoms with Crippen LogP contribution in [-0.2, 0) is 11.3 Å². The second-order valence-corrected chi connectivity index (χ2v) is 4.58. The fourth-order valence-electron chi connectivity index (χ4n) is 1.50. The number of amides is 1. The van der Waals surface area contributed by atoms with Gasteiger partial charge >= 0.3 is 5.95 Å². The Balaban J connectivity index is 2.02. The Labute approximate surface area is 127 Å². The van der Waals surface area contributed by atoms with Gasteiger partial charge in [-0.25, -0.2) is 0 Å². The molecule has 0 saturated heterocycles. The topological polar surface area (TPSA) is 112 Å². The number of nitro groups is 1. The summed E-state index contributed by atoms with van der Waals surface area (Å²) in [6, 6.07) is 6.75. The molecule has 1 N–H and O–H groups in total. The molecule has 2 aromatic rings. The predicted molar refractivity (Wildman–Crippen MR) is 76.0 cm³/mol. The number of aromatic nitrogens is 3. The van der Waals surface area contributed by atoms with Crippen molar-refractivity contribution in [2.24, 2.45) is 0 Å². The zero-order valence-corrected chi connectivity index (χ0v) is 12.4. The van der Waals surface area contributed by atoms with Crippen LogP contribution in [0.25, 0.3) is 0 Å². The van der Waals surface area contributed by atoms with E-state index in [2.05, 4.69) is 31.3 Å². The van der Waals surface area contributed by atoms with Gasteiger partial charge in [0.25, 0.3) is 4.73 Å². The average molecular weight is 356 g/mol. The van der Waals surface area contributed by atoms with Crippen LogP contribution in [-0.4, -0.2) is 32.7 Å². The monoisotopic (exact) mass is 355 g/mol. The van der Waals surface area contributed by atoms with E-state index in [1.807, 2.05) is 0 Å². The van der Waals surface area contributed by atoms with Crippen LogP contribution in [0.5, 0.6) is 5.75 Å². The van der Waals surface area contributed by atoms with E-state index >= 15 is 0 Å². The number of nitrogens with one attached hydrogen (secondary N) is 1. The molecule has 0 bridgehead atoms. The minimum absolute atomic E-state index is 0.110. The van der Waals surface area contributed by atoms with Crippen molar-refractivity contribution in [3.05, 3.63) is 39.1 Å². The normalized spacial score (nSPS) is 10.2. The van der Waals surface area contributed by atoms with Gasteiger partial charge in [-0.05, 0) is 34.2 Å². The first-order valence-electron chi connectivity index (χ1n) is 5.68. The molecule has 0 radical (unpaired) electrons. The Morgan fingerprint density at radius 2 is 2.14 bits per heavy atom. The highest BCUT2D eigenvalue weighted by molar-refractivity contribution is 9.10. The third-order valence-electron chi connectivity index (χ3n) is 2.45. The van der Waals surface area contributed by atoms with Crippen molar-refractivity contribution < 1.29 is 14.5 Å². The zero-order valence-electron chi connectivity index (χ0n) is 10.8. The quantitative estimate of drug-likeness (QED) is 0.643. The van der Waals surface area contributed by atoms with Gasteiger partial charge in [0.05, 0.1) is 7.11 Å². The molecule has 0 aliphatic heterocycles. The lowest BCUT2D eigenvalue weighted by Gasteiger charge is -2.05. The zero-order chi connectivity index (χ0) is 15.4. The second-order valence-electron chi connectivity index (χ2n) is 3.87. The van der Waals surface area contributed by atoms with Gasteiger partial charge in [0.15, 0.2) is 0 Å². The maximum absolute atomic E-state index is 11.8. The van der Waals surface area contributed by atoms with E-state index in [0.29, 0.717) is 11.4 Å². The third kappa shape index (κ3) is 3.75. The first-order chi connectivity index (χ1) is 9.99. The number of hydrogen-bond donors (Lipinski definition) is 1. The Kier molecular flexibility index (Phi) is 4.48.